The molecule has 0 radical (unpaired) electrons. The van der Waals surface area contributed by atoms with Gasteiger partial charge in [0.15, 0.2) is 0 Å². The van der Waals surface area contributed by atoms with Crippen molar-refractivity contribution in [3.63, 3.8) is 0 Å². The lowest BCUT2D eigenvalue weighted by Gasteiger charge is -2.06. The Bertz CT molecular complexity index is 949. The summed E-state index contributed by atoms with van der Waals surface area (Å²) < 4.78 is 29.2. The summed E-state index contributed by atoms with van der Waals surface area (Å²) >= 11 is 0. The first-order valence-electron chi connectivity index (χ1n) is 8.01. The number of sulfonamides is 1. The molecule has 0 aliphatic heterocycles. The molecule has 0 bridgehead atoms. The van der Waals surface area contributed by atoms with Crippen molar-refractivity contribution >= 4 is 10.0 Å². The lowest BCUT2D eigenvalue weighted by atomic mass is 10.2. The highest BCUT2D eigenvalue weighted by molar-refractivity contribution is 7.89. The van der Waals surface area contributed by atoms with Crippen LogP contribution in [0.5, 0.6) is 0 Å². The van der Waals surface area contributed by atoms with Crippen LogP contribution < -0.4 is 4.72 Å². The maximum atomic E-state index is 12.4. The van der Waals surface area contributed by atoms with E-state index in [1.807, 2.05) is 44.3 Å². The van der Waals surface area contributed by atoms with Crippen LogP contribution >= 0.6 is 0 Å². The SMILES string of the molecule is CCc1ccc(S(=O)(=O)NCc2cc(-c3ccncc3)n(C)n2)cc1. The number of rotatable bonds is 6. The summed E-state index contributed by atoms with van der Waals surface area (Å²) in [6, 6.07) is 12.6. The molecule has 0 unspecified atom stereocenters. The van der Waals surface area contributed by atoms with Crippen LogP contribution in [0, 0.1) is 0 Å². The van der Waals surface area contributed by atoms with E-state index in [2.05, 4.69) is 14.8 Å². The molecule has 1 N–H and O–H groups in total. The number of nitrogens with one attached hydrogen (secondary N) is 1. The van der Waals surface area contributed by atoms with Gasteiger partial charge in [-0.05, 0) is 42.3 Å². The van der Waals surface area contributed by atoms with Crippen LogP contribution in [0.15, 0.2) is 59.8 Å². The first-order valence-corrected chi connectivity index (χ1v) is 9.50. The van der Waals surface area contributed by atoms with Crippen molar-refractivity contribution in [2.45, 2.75) is 24.8 Å². The van der Waals surface area contributed by atoms with Crippen molar-refractivity contribution in [1.29, 1.82) is 0 Å². The van der Waals surface area contributed by atoms with E-state index in [0.29, 0.717) is 5.69 Å². The minimum Gasteiger partial charge on any atom is -0.268 e. The molecule has 0 atom stereocenters. The van der Waals surface area contributed by atoms with Gasteiger partial charge in [0.2, 0.25) is 10.0 Å². The van der Waals surface area contributed by atoms with Crippen LogP contribution in [0.2, 0.25) is 0 Å². The Balaban J connectivity index is 1.75. The standard InChI is InChI=1S/C18H20N4O2S/c1-3-14-4-6-17(7-5-14)25(23,24)20-13-16-12-18(22(2)21-16)15-8-10-19-11-9-15/h4-12,20H,3,13H2,1-2H3. The highest BCUT2D eigenvalue weighted by atomic mass is 32.2. The lowest BCUT2D eigenvalue weighted by molar-refractivity contribution is 0.579. The van der Waals surface area contributed by atoms with Gasteiger partial charge in [0.25, 0.3) is 0 Å². The Morgan fingerprint density at radius 3 is 2.40 bits per heavy atom. The molecular formula is C18H20N4O2S. The Morgan fingerprint density at radius 2 is 1.76 bits per heavy atom. The van der Waals surface area contributed by atoms with Crippen molar-refractivity contribution < 1.29 is 8.42 Å². The van der Waals surface area contributed by atoms with E-state index >= 15 is 0 Å². The first-order chi connectivity index (χ1) is 12.0. The Kier molecular flexibility index (Phi) is 4.96. The molecule has 130 valence electrons. The van der Waals surface area contributed by atoms with Gasteiger partial charge in [0.05, 0.1) is 22.8 Å². The summed E-state index contributed by atoms with van der Waals surface area (Å²) in [6.07, 6.45) is 4.30. The van der Waals surface area contributed by atoms with Crippen LogP contribution in [0.4, 0.5) is 0 Å². The molecule has 0 amide bonds. The van der Waals surface area contributed by atoms with Crippen molar-refractivity contribution in [2.75, 3.05) is 0 Å². The van der Waals surface area contributed by atoms with Crippen molar-refractivity contribution in [2.24, 2.45) is 7.05 Å². The molecule has 0 saturated carbocycles. The molecule has 3 aromatic rings. The molecule has 0 aliphatic rings. The average Bonchev–Trinajstić information content (AvgIpc) is 3.02. The lowest BCUT2D eigenvalue weighted by Crippen LogP contribution is -2.23. The Hall–Kier alpha value is -2.51. The van der Waals surface area contributed by atoms with Gasteiger partial charge in [0.1, 0.15) is 0 Å². The zero-order valence-corrected chi connectivity index (χ0v) is 15.0. The third-order valence-corrected chi connectivity index (χ3v) is 5.41. The summed E-state index contributed by atoms with van der Waals surface area (Å²) in [5, 5.41) is 4.38. The number of hydrogen-bond acceptors (Lipinski definition) is 4. The maximum Gasteiger partial charge on any atom is 0.240 e. The molecule has 6 nitrogen and oxygen atoms in total. The maximum absolute atomic E-state index is 12.4. The van der Waals surface area contributed by atoms with Gasteiger partial charge in [-0.15, -0.1) is 0 Å². The van der Waals surface area contributed by atoms with E-state index < -0.39 is 10.0 Å². The Labute approximate surface area is 147 Å². The quantitative estimate of drug-likeness (QED) is 0.736. The van der Waals surface area contributed by atoms with Gasteiger partial charge < -0.3 is 0 Å². The number of aromatic nitrogens is 3. The summed E-state index contributed by atoms with van der Waals surface area (Å²) in [5.41, 5.74) is 3.65. The largest absolute Gasteiger partial charge is 0.268 e. The van der Waals surface area contributed by atoms with Gasteiger partial charge >= 0.3 is 0 Å². The molecule has 0 spiro atoms. The fourth-order valence-corrected chi connectivity index (χ4v) is 3.56. The van der Waals surface area contributed by atoms with Gasteiger partial charge in [-0.25, -0.2) is 13.1 Å². The molecule has 7 heteroatoms. The third-order valence-electron chi connectivity index (χ3n) is 3.99. The third kappa shape index (κ3) is 3.94. The number of hydrogen-bond donors (Lipinski definition) is 1. The van der Waals surface area contributed by atoms with Gasteiger partial charge in [0, 0.05) is 25.0 Å². The first kappa shape index (κ1) is 17.3. The zero-order valence-electron chi connectivity index (χ0n) is 14.2. The summed E-state index contributed by atoms with van der Waals surface area (Å²) in [5.74, 6) is 0. The monoisotopic (exact) mass is 356 g/mol. The van der Waals surface area contributed by atoms with E-state index in [9.17, 15) is 8.42 Å². The fourth-order valence-electron chi connectivity index (χ4n) is 2.56. The Morgan fingerprint density at radius 1 is 1.08 bits per heavy atom. The minimum absolute atomic E-state index is 0.136. The molecule has 1 aromatic carbocycles. The van der Waals surface area contributed by atoms with Crippen LogP contribution in [0.3, 0.4) is 0 Å². The van der Waals surface area contributed by atoms with Gasteiger partial charge in [-0.3, -0.25) is 9.67 Å². The number of aryl methyl sites for hydroxylation is 2. The van der Waals surface area contributed by atoms with Crippen LogP contribution in [-0.2, 0) is 30.0 Å². The van der Waals surface area contributed by atoms with E-state index in [4.69, 9.17) is 0 Å². The second kappa shape index (κ2) is 7.16. The highest BCUT2D eigenvalue weighted by Crippen LogP contribution is 2.19. The van der Waals surface area contributed by atoms with E-state index in [0.717, 1.165) is 23.2 Å². The fraction of sp³-hybridized carbons (Fsp3) is 0.222. The zero-order chi connectivity index (χ0) is 17.9. The molecule has 0 fully saturated rings. The second-order valence-corrected chi connectivity index (χ2v) is 7.47. The predicted molar refractivity (Wildman–Crippen MR) is 96.3 cm³/mol. The second-order valence-electron chi connectivity index (χ2n) is 5.70. The molecule has 2 aromatic heterocycles. The molecule has 0 aliphatic carbocycles. The summed E-state index contributed by atoms with van der Waals surface area (Å²) in [6.45, 7) is 2.17. The number of pyridine rings is 1. The van der Waals surface area contributed by atoms with Gasteiger partial charge in [-0.1, -0.05) is 19.1 Å². The van der Waals surface area contributed by atoms with Crippen molar-refractivity contribution in [3.8, 4) is 11.3 Å². The van der Waals surface area contributed by atoms with Crippen LogP contribution in [0.25, 0.3) is 11.3 Å². The highest BCUT2D eigenvalue weighted by Gasteiger charge is 2.15. The van der Waals surface area contributed by atoms with E-state index in [-0.39, 0.29) is 11.4 Å². The topological polar surface area (TPSA) is 76.9 Å². The normalized spacial score (nSPS) is 11.6. The summed E-state index contributed by atoms with van der Waals surface area (Å²) in [7, 11) is -1.73. The van der Waals surface area contributed by atoms with Crippen molar-refractivity contribution in [1.82, 2.24) is 19.5 Å². The average molecular weight is 356 g/mol. The molecule has 25 heavy (non-hydrogen) atoms. The summed E-state index contributed by atoms with van der Waals surface area (Å²) in [4.78, 5) is 4.26. The smallest absolute Gasteiger partial charge is 0.240 e. The van der Waals surface area contributed by atoms with Crippen LogP contribution in [-0.4, -0.2) is 23.2 Å². The van der Waals surface area contributed by atoms with Crippen LogP contribution in [0.1, 0.15) is 18.2 Å². The van der Waals surface area contributed by atoms with E-state index in [1.54, 1.807) is 29.2 Å². The molecule has 0 saturated heterocycles. The minimum atomic E-state index is -3.56. The number of nitrogens with zero attached hydrogens (tertiary/aromatic N) is 3. The molecule has 2 heterocycles. The number of benzene rings is 1. The molecular weight excluding hydrogens is 336 g/mol. The predicted octanol–water partition coefficient (Wildman–Crippen LogP) is 2.52. The van der Waals surface area contributed by atoms with Crippen molar-refractivity contribution in [3.05, 3.63) is 66.1 Å². The molecule has 3 rings (SSSR count). The van der Waals surface area contributed by atoms with E-state index in [1.165, 1.54) is 0 Å². The van der Waals surface area contributed by atoms with Gasteiger partial charge in [-0.2, -0.15) is 5.10 Å².